The van der Waals surface area contributed by atoms with Crippen molar-refractivity contribution in [2.24, 2.45) is 0 Å². The van der Waals surface area contributed by atoms with Gasteiger partial charge in [0.2, 0.25) is 0 Å². The SMILES string of the molecule is O=C(O)/C=C/c1cc(Cn2cncn2)ccc1F. The van der Waals surface area contributed by atoms with Gasteiger partial charge in [0.05, 0.1) is 6.54 Å². The van der Waals surface area contributed by atoms with E-state index in [0.29, 0.717) is 6.54 Å². The first-order chi connectivity index (χ1) is 8.65. The highest BCUT2D eigenvalue weighted by molar-refractivity contribution is 5.85. The number of aromatic nitrogens is 3. The molecule has 18 heavy (non-hydrogen) atoms. The van der Waals surface area contributed by atoms with Crippen molar-refractivity contribution in [3.63, 3.8) is 0 Å². The van der Waals surface area contributed by atoms with Gasteiger partial charge in [-0.1, -0.05) is 6.07 Å². The number of benzene rings is 1. The molecule has 2 rings (SSSR count). The number of aliphatic carboxylic acids is 1. The van der Waals surface area contributed by atoms with Crippen LogP contribution in [0.25, 0.3) is 6.08 Å². The van der Waals surface area contributed by atoms with E-state index in [1.807, 2.05) is 0 Å². The van der Waals surface area contributed by atoms with Crippen LogP contribution in [0, 0.1) is 5.82 Å². The Balaban J connectivity index is 2.23. The van der Waals surface area contributed by atoms with Crippen LogP contribution < -0.4 is 0 Å². The van der Waals surface area contributed by atoms with Gasteiger partial charge in [0.15, 0.2) is 0 Å². The summed E-state index contributed by atoms with van der Waals surface area (Å²) in [5.41, 5.74) is 1.04. The number of hydrogen-bond donors (Lipinski definition) is 1. The molecule has 0 saturated carbocycles. The fourth-order valence-corrected chi connectivity index (χ4v) is 1.48. The first-order valence-electron chi connectivity index (χ1n) is 5.17. The molecule has 0 atom stereocenters. The van der Waals surface area contributed by atoms with E-state index in [2.05, 4.69) is 10.1 Å². The highest BCUT2D eigenvalue weighted by atomic mass is 19.1. The molecule has 0 fully saturated rings. The summed E-state index contributed by atoms with van der Waals surface area (Å²) in [5.74, 6) is -1.58. The average molecular weight is 247 g/mol. The molecule has 0 amide bonds. The standard InChI is InChI=1S/C12H10FN3O2/c13-11-3-1-9(6-16-8-14-7-15-16)5-10(11)2-4-12(17)18/h1-5,7-8H,6H2,(H,17,18)/b4-2+. The van der Waals surface area contributed by atoms with Crippen LogP contribution in [0.1, 0.15) is 11.1 Å². The fourth-order valence-electron chi connectivity index (χ4n) is 1.48. The Bertz CT molecular complexity index is 579. The summed E-state index contributed by atoms with van der Waals surface area (Å²) in [6.45, 7) is 0.453. The van der Waals surface area contributed by atoms with Crippen LogP contribution in [-0.2, 0) is 11.3 Å². The van der Waals surface area contributed by atoms with E-state index >= 15 is 0 Å². The molecule has 1 N–H and O–H groups in total. The molecule has 1 heterocycles. The van der Waals surface area contributed by atoms with Gasteiger partial charge in [0.1, 0.15) is 18.5 Å². The minimum atomic E-state index is -1.11. The highest BCUT2D eigenvalue weighted by Crippen LogP contribution is 2.13. The molecule has 0 saturated heterocycles. The third kappa shape index (κ3) is 3.00. The fraction of sp³-hybridized carbons (Fsp3) is 0.0833. The average Bonchev–Trinajstić information content (AvgIpc) is 2.82. The van der Waals surface area contributed by atoms with E-state index in [1.165, 1.54) is 18.5 Å². The van der Waals surface area contributed by atoms with Crippen molar-refractivity contribution in [2.75, 3.05) is 0 Å². The van der Waals surface area contributed by atoms with Crippen LogP contribution >= 0.6 is 0 Å². The molecular formula is C12H10FN3O2. The normalized spacial score (nSPS) is 10.9. The van der Waals surface area contributed by atoms with Crippen molar-refractivity contribution in [1.82, 2.24) is 14.8 Å². The zero-order valence-corrected chi connectivity index (χ0v) is 9.32. The van der Waals surface area contributed by atoms with Crippen LogP contribution in [0.4, 0.5) is 4.39 Å². The van der Waals surface area contributed by atoms with Gasteiger partial charge in [-0.05, 0) is 23.8 Å². The Morgan fingerprint density at radius 1 is 1.50 bits per heavy atom. The van der Waals surface area contributed by atoms with E-state index in [-0.39, 0.29) is 5.56 Å². The van der Waals surface area contributed by atoms with Crippen LogP contribution in [0.15, 0.2) is 36.9 Å². The van der Waals surface area contributed by atoms with Crippen molar-refractivity contribution in [3.8, 4) is 0 Å². The summed E-state index contributed by atoms with van der Waals surface area (Å²) in [6, 6.07) is 4.50. The Labute approximate surface area is 102 Å². The molecule has 0 aliphatic carbocycles. The van der Waals surface area contributed by atoms with Crippen molar-refractivity contribution in [2.45, 2.75) is 6.54 Å². The zero-order valence-electron chi connectivity index (χ0n) is 9.32. The quantitative estimate of drug-likeness (QED) is 0.832. The molecule has 0 spiro atoms. The van der Waals surface area contributed by atoms with Crippen LogP contribution in [-0.4, -0.2) is 25.8 Å². The van der Waals surface area contributed by atoms with E-state index in [1.54, 1.807) is 23.1 Å². The van der Waals surface area contributed by atoms with Crippen molar-refractivity contribution in [1.29, 1.82) is 0 Å². The number of nitrogens with zero attached hydrogens (tertiary/aromatic N) is 3. The predicted molar refractivity (Wildman–Crippen MR) is 62.2 cm³/mol. The molecule has 0 bridgehead atoms. The van der Waals surface area contributed by atoms with Crippen LogP contribution in [0.2, 0.25) is 0 Å². The maximum atomic E-state index is 13.4. The molecule has 0 unspecified atom stereocenters. The van der Waals surface area contributed by atoms with Gasteiger partial charge in [0.25, 0.3) is 0 Å². The maximum absolute atomic E-state index is 13.4. The first kappa shape index (κ1) is 12.0. The Kier molecular flexibility index (Phi) is 3.47. The molecule has 2 aromatic rings. The Hall–Kier alpha value is -2.50. The number of hydrogen-bond acceptors (Lipinski definition) is 3. The Morgan fingerprint density at radius 2 is 2.33 bits per heavy atom. The maximum Gasteiger partial charge on any atom is 0.328 e. The van der Waals surface area contributed by atoms with E-state index in [4.69, 9.17) is 5.11 Å². The molecule has 1 aromatic heterocycles. The number of carboxylic acid groups (broad SMARTS) is 1. The molecular weight excluding hydrogens is 237 g/mol. The van der Waals surface area contributed by atoms with E-state index in [0.717, 1.165) is 11.6 Å². The monoisotopic (exact) mass is 247 g/mol. The van der Waals surface area contributed by atoms with Gasteiger partial charge in [-0.25, -0.2) is 18.9 Å². The zero-order chi connectivity index (χ0) is 13.0. The van der Waals surface area contributed by atoms with Crippen molar-refractivity contribution < 1.29 is 14.3 Å². The summed E-state index contributed by atoms with van der Waals surface area (Å²) < 4.78 is 15.0. The van der Waals surface area contributed by atoms with Crippen molar-refractivity contribution in [3.05, 3.63) is 53.9 Å². The second-order valence-corrected chi connectivity index (χ2v) is 3.62. The molecule has 92 valence electrons. The molecule has 6 heteroatoms. The summed E-state index contributed by atoms with van der Waals surface area (Å²) in [6.07, 6.45) is 5.09. The summed E-state index contributed by atoms with van der Waals surface area (Å²) in [4.78, 5) is 14.2. The Morgan fingerprint density at radius 3 is 3.00 bits per heavy atom. The summed E-state index contributed by atoms with van der Waals surface area (Å²) in [5, 5.41) is 12.4. The summed E-state index contributed by atoms with van der Waals surface area (Å²) in [7, 11) is 0. The van der Waals surface area contributed by atoms with E-state index in [9.17, 15) is 9.18 Å². The van der Waals surface area contributed by atoms with Gasteiger partial charge in [-0.15, -0.1) is 0 Å². The third-order valence-corrected chi connectivity index (χ3v) is 2.28. The lowest BCUT2D eigenvalue weighted by Crippen LogP contribution is -2.00. The lowest BCUT2D eigenvalue weighted by Gasteiger charge is -2.03. The number of carboxylic acids is 1. The first-order valence-corrected chi connectivity index (χ1v) is 5.17. The van der Waals surface area contributed by atoms with Gasteiger partial charge in [-0.2, -0.15) is 5.10 Å². The van der Waals surface area contributed by atoms with Gasteiger partial charge >= 0.3 is 5.97 Å². The smallest absolute Gasteiger partial charge is 0.328 e. The highest BCUT2D eigenvalue weighted by Gasteiger charge is 2.02. The molecule has 0 aliphatic rings. The topological polar surface area (TPSA) is 68.0 Å². The summed E-state index contributed by atoms with van der Waals surface area (Å²) >= 11 is 0. The van der Waals surface area contributed by atoms with Crippen molar-refractivity contribution >= 4 is 12.0 Å². The number of carbonyl (C=O) groups is 1. The number of rotatable bonds is 4. The lowest BCUT2D eigenvalue weighted by atomic mass is 10.1. The van der Waals surface area contributed by atoms with Gasteiger partial charge < -0.3 is 5.11 Å². The minimum absolute atomic E-state index is 0.231. The minimum Gasteiger partial charge on any atom is -0.478 e. The largest absolute Gasteiger partial charge is 0.478 e. The predicted octanol–water partition coefficient (Wildman–Crippen LogP) is 1.56. The third-order valence-electron chi connectivity index (χ3n) is 2.28. The van der Waals surface area contributed by atoms with Gasteiger partial charge in [-0.3, -0.25) is 0 Å². The second kappa shape index (κ2) is 5.22. The molecule has 0 aliphatic heterocycles. The molecule has 0 radical (unpaired) electrons. The van der Waals surface area contributed by atoms with Crippen LogP contribution in [0.5, 0.6) is 0 Å². The van der Waals surface area contributed by atoms with Gasteiger partial charge in [0, 0.05) is 11.6 Å². The number of halogens is 1. The second-order valence-electron chi connectivity index (χ2n) is 3.62. The van der Waals surface area contributed by atoms with E-state index < -0.39 is 11.8 Å². The lowest BCUT2D eigenvalue weighted by molar-refractivity contribution is -0.131. The molecule has 1 aromatic carbocycles. The van der Waals surface area contributed by atoms with Crippen LogP contribution in [0.3, 0.4) is 0 Å². The molecule has 5 nitrogen and oxygen atoms in total.